The summed E-state index contributed by atoms with van der Waals surface area (Å²) in [5, 5.41) is 0. The van der Waals surface area contributed by atoms with Crippen molar-refractivity contribution in [2.24, 2.45) is 5.73 Å². The van der Waals surface area contributed by atoms with Gasteiger partial charge in [-0.2, -0.15) is 0 Å². The summed E-state index contributed by atoms with van der Waals surface area (Å²) in [7, 11) is 1.93. The Kier molecular flexibility index (Phi) is 5.34. The first-order chi connectivity index (χ1) is 10.5. The Bertz CT molecular complexity index is 605. The van der Waals surface area contributed by atoms with Crippen LogP contribution in [0.5, 0.6) is 0 Å². The number of carbonyl (C=O) groups is 1. The van der Waals surface area contributed by atoms with Crippen molar-refractivity contribution in [3.63, 3.8) is 0 Å². The molecule has 0 aliphatic carbocycles. The lowest BCUT2D eigenvalue weighted by Gasteiger charge is -2.26. The predicted molar refractivity (Wildman–Crippen MR) is 90.4 cm³/mol. The van der Waals surface area contributed by atoms with E-state index in [0.717, 1.165) is 5.56 Å². The third kappa shape index (κ3) is 3.95. The summed E-state index contributed by atoms with van der Waals surface area (Å²) in [5.41, 5.74) is 9.03. The summed E-state index contributed by atoms with van der Waals surface area (Å²) < 4.78 is 0. The van der Waals surface area contributed by atoms with E-state index >= 15 is 0 Å². The van der Waals surface area contributed by atoms with E-state index in [1.54, 1.807) is 0 Å². The van der Waals surface area contributed by atoms with Gasteiger partial charge in [0.25, 0.3) is 0 Å². The van der Waals surface area contributed by atoms with Crippen LogP contribution < -0.4 is 5.73 Å². The molecule has 0 bridgehead atoms. The van der Waals surface area contributed by atoms with Crippen molar-refractivity contribution in [1.82, 2.24) is 4.90 Å². The van der Waals surface area contributed by atoms with Crippen molar-refractivity contribution in [3.05, 3.63) is 71.3 Å². The highest BCUT2D eigenvalue weighted by Gasteiger charge is 2.22. The number of nitrogens with two attached hydrogens (primary N) is 1. The number of primary amides is 1. The number of rotatable bonds is 6. The monoisotopic (exact) mass is 296 g/mol. The van der Waals surface area contributed by atoms with Crippen LogP contribution in [0.4, 0.5) is 0 Å². The topological polar surface area (TPSA) is 46.3 Å². The van der Waals surface area contributed by atoms with Crippen LogP contribution in [0.1, 0.15) is 42.5 Å². The quantitative estimate of drug-likeness (QED) is 0.887. The van der Waals surface area contributed by atoms with E-state index < -0.39 is 6.04 Å². The molecular weight excluding hydrogens is 272 g/mol. The third-order valence-corrected chi connectivity index (χ3v) is 3.90. The molecule has 2 rings (SSSR count). The minimum Gasteiger partial charge on any atom is -0.368 e. The fourth-order valence-electron chi connectivity index (χ4n) is 2.66. The van der Waals surface area contributed by atoms with E-state index in [0.29, 0.717) is 12.5 Å². The number of carbonyl (C=O) groups excluding carboxylic acids is 1. The number of nitrogens with zero attached hydrogens (tertiary/aromatic N) is 1. The smallest absolute Gasteiger partial charge is 0.239 e. The molecule has 2 N–H and O–H groups in total. The molecule has 0 saturated heterocycles. The molecule has 0 spiro atoms. The zero-order chi connectivity index (χ0) is 16.1. The molecule has 0 aromatic heterocycles. The molecule has 0 saturated carbocycles. The van der Waals surface area contributed by atoms with Crippen molar-refractivity contribution in [3.8, 4) is 0 Å². The Morgan fingerprint density at radius 1 is 1.00 bits per heavy atom. The maximum atomic E-state index is 11.9. The SMILES string of the molecule is CC(C)c1ccc(CN(C)C(C(N)=O)c2ccccc2)cc1. The Morgan fingerprint density at radius 3 is 2.09 bits per heavy atom. The van der Waals surface area contributed by atoms with Gasteiger partial charge in [0.15, 0.2) is 0 Å². The van der Waals surface area contributed by atoms with E-state index in [9.17, 15) is 4.79 Å². The van der Waals surface area contributed by atoms with Crippen LogP contribution in [0.15, 0.2) is 54.6 Å². The molecule has 116 valence electrons. The van der Waals surface area contributed by atoms with Gasteiger partial charge in [-0.05, 0) is 29.7 Å². The average Bonchev–Trinajstić information content (AvgIpc) is 2.48. The van der Waals surface area contributed by atoms with Crippen molar-refractivity contribution in [2.75, 3.05) is 7.05 Å². The van der Waals surface area contributed by atoms with E-state index in [1.165, 1.54) is 11.1 Å². The van der Waals surface area contributed by atoms with Gasteiger partial charge < -0.3 is 5.73 Å². The van der Waals surface area contributed by atoms with Crippen molar-refractivity contribution in [1.29, 1.82) is 0 Å². The van der Waals surface area contributed by atoms with Crippen LogP contribution in [0.2, 0.25) is 0 Å². The standard InChI is InChI=1S/C19H24N2O/c1-14(2)16-11-9-15(10-12-16)13-21(3)18(19(20)22)17-7-5-4-6-8-17/h4-12,14,18H,13H2,1-3H3,(H2,20,22). The molecule has 0 aliphatic heterocycles. The van der Waals surface area contributed by atoms with Gasteiger partial charge in [-0.15, -0.1) is 0 Å². The van der Waals surface area contributed by atoms with Crippen LogP contribution in [-0.2, 0) is 11.3 Å². The molecule has 3 nitrogen and oxygen atoms in total. The minimum atomic E-state index is -0.411. The molecule has 2 aromatic rings. The number of benzene rings is 2. The lowest BCUT2D eigenvalue weighted by atomic mass is 10.0. The second-order valence-corrected chi connectivity index (χ2v) is 6.03. The summed E-state index contributed by atoms with van der Waals surface area (Å²) in [6, 6.07) is 17.8. The number of likely N-dealkylation sites (N-methyl/N-ethyl adjacent to an activating group) is 1. The normalized spacial score (nSPS) is 12.6. The zero-order valence-electron chi connectivity index (χ0n) is 13.5. The maximum absolute atomic E-state index is 11.9. The lowest BCUT2D eigenvalue weighted by Crippen LogP contribution is -2.34. The average molecular weight is 296 g/mol. The van der Waals surface area contributed by atoms with Gasteiger partial charge in [-0.1, -0.05) is 68.4 Å². The highest BCUT2D eigenvalue weighted by molar-refractivity contribution is 5.81. The van der Waals surface area contributed by atoms with Crippen LogP contribution in [-0.4, -0.2) is 17.9 Å². The molecule has 1 atom stereocenters. The Labute approximate surface area is 132 Å². The maximum Gasteiger partial charge on any atom is 0.239 e. The predicted octanol–water partition coefficient (Wildman–Crippen LogP) is 3.47. The van der Waals surface area contributed by atoms with Gasteiger partial charge in [0, 0.05) is 6.54 Å². The van der Waals surface area contributed by atoms with Crippen molar-refractivity contribution >= 4 is 5.91 Å². The zero-order valence-corrected chi connectivity index (χ0v) is 13.5. The van der Waals surface area contributed by atoms with E-state index in [2.05, 4.69) is 38.1 Å². The van der Waals surface area contributed by atoms with Gasteiger partial charge in [0.2, 0.25) is 5.91 Å². The van der Waals surface area contributed by atoms with Crippen LogP contribution in [0, 0.1) is 0 Å². The summed E-state index contributed by atoms with van der Waals surface area (Å²) in [6.07, 6.45) is 0. The van der Waals surface area contributed by atoms with Gasteiger partial charge in [0.05, 0.1) is 0 Å². The highest BCUT2D eigenvalue weighted by atomic mass is 16.1. The molecule has 2 aromatic carbocycles. The van der Waals surface area contributed by atoms with E-state index in [4.69, 9.17) is 5.73 Å². The van der Waals surface area contributed by atoms with E-state index in [-0.39, 0.29) is 5.91 Å². The molecule has 0 heterocycles. The Morgan fingerprint density at radius 2 is 1.59 bits per heavy atom. The molecule has 0 fully saturated rings. The van der Waals surface area contributed by atoms with Gasteiger partial charge >= 0.3 is 0 Å². The highest BCUT2D eigenvalue weighted by Crippen LogP contribution is 2.22. The molecule has 3 heteroatoms. The van der Waals surface area contributed by atoms with Gasteiger partial charge in [0.1, 0.15) is 6.04 Å². The second-order valence-electron chi connectivity index (χ2n) is 6.03. The summed E-state index contributed by atoms with van der Waals surface area (Å²) in [5.74, 6) is 0.196. The Hall–Kier alpha value is -2.13. The fourth-order valence-corrected chi connectivity index (χ4v) is 2.66. The largest absolute Gasteiger partial charge is 0.368 e. The summed E-state index contributed by atoms with van der Waals surface area (Å²) in [4.78, 5) is 13.8. The summed E-state index contributed by atoms with van der Waals surface area (Å²) >= 11 is 0. The molecular formula is C19H24N2O. The molecule has 1 unspecified atom stereocenters. The Balaban J connectivity index is 2.15. The first-order valence-corrected chi connectivity index (χ1v) is 7.62. The van der Waals surface area contributed by atoms with Gasteiger partial charge in [-0.25, -0.2) is 0 Å². The molecule has 0 aliphatic rings. The first-order valence-electron chi connectivity index (χ1n) is 7.62. The first kappa shape index (κ1) is 16.2. The van der Waals surface area contributed by atoms with Crippen molar-refractivity contribution in [2.45, 2.75) is 32.4 Å². The molecule has 1 amide bonds. The molecule has 0 radical (unpaired) electrons. The molecule has 22 heavy (non-hydrogen) atoms. The number of hydrogen-bond acceptors (Lipinski definition) is 2. The van der Waals surface area contributed by atoms with Crippen LogP contribution in [0.25, 0.3) is 0 Å². The van der Waals surface area contributed by atoms with Crippen molar-refractivity contribution < 1.29 is 4.79 Å². The van der Waals surface area contributed by atoms with Crippen LogP contribution in [0.3, 0.4) is 0 Å². The lowest BCUT2D eigenvalue weighted by molar-refractivity contribution is -0.123. The van der Waals surface area contributed by atoms with Gasteiger partial charge in [-0.3, -0.25) is 9.69 Å². The third-order valence-electron chi connectivity index (χ3n) is 3.90. The summed E-state index contributed by atoms with van der Waals surface area (Å²) in [6.45, 7) is 5.04. The second kappa shape index (κ2) is 7.23. The van der Waals surface area contributed by atoms with Crippen LogP contribution >= 0.6 is 0 Å². The fraction of sp³-hybridized carbons (Fsp3) is 0.316. The van der Waals surface area contributed by atoms with E-state index in [1.807, 2.05) is 42.3 Å². The minimum absolute atomic E-state index is 0.326. The number of hydrogen-bond donors (Lipinski definition) is 1. The number of amides is 1.